The first kappa shape index (κ1) is 27.8. The molecule has 0 aromatic heterocycles. The summed E-state index contributed by atoms with van der Waals surface area (Å²) in [7, 11) is 0. The van der Waals surface area contributed by atoms with Crippen molar-refractivity contribution in [2.45, 2.75) is 128 Å². The van der Waals surface area contributed by atoms with E-state index in [1.54, 1.807) is 0 Å². The minimum atomic E-state index is 0.304. The van der Waals surface area contributed by atoms with Crippen molar-refractivity contribution < 1.29 is 15.7 Å². The maximum Gasteiger partial charge on any atom is 0.0752 e. The summed E-state index contributed by atoms with van der Waals surface area (Å²) in [5.74, 6) is 0.704. The van der Waals surface area contributed by atoms with Crippen LogP contribution in [0.5, 0.6) is 0 Å². The first-order chi connectivity index (χ1) is 13.8. The fourth-order valence-corrected chi connectivity index (χ4v) is 4.15. The highest BCUT2D eigenvalue weighted by atomic mass is 16.5. The summed E-state index contributed by atoms with van der Waals surface area (Å²) in [6, 6.07) is 0. The number of hydrogen-bond donors (Lipinski definition) is 3. The number of quaternary nitrogens is 1. The molecular weight excluding hydrogens is 350 g/mol. The Morgan fingerprint density at radius 2 is 0.786 bits per heavy atom. The highest BCUT2D eigenvalue weighted by Gasteiger charge is 2.07. The van der Waals surface area contributed by atoms with Crippen LogP contribution in [0.1, 0.15) is 128 Å². The molecule has 0 heterocycles. The van der Waals surface area contributed by atoms with Gasteiger partial charge in [0, 0.05) is 13.2 Å². The second kappa shape index (κ2) is 24.9. The van der Waals surface area contributed by atoms with E-state index in [2.05, 4.69) is 0 Å². The van der Waals surface area contributed by atoms with Crippen LogP contribution in [0.2, 0.25) is 0 Å². The fourth-order valence-electron chi connectivity index (χ4n) is 4.15. The van der Waals surface area contributed by atoms with Gasteiger partial charge in [0.25, 0.3) is 0 Å². The molecule has 0 aromatic carbocycles. The van der Waals surface area contributed by atoms with Gasteiger partial charge < -0.3 is 20.9 Å². The lowest BCUT2D eigenvalue weighted by Gasteiger charge is -2.15. The van der Waals surface area contributed by atoms with Crippen LogP contribution in [-0.2, 0) is 0 Å². The Morgan fingerprint density at radius 3 is 1.14 bits per heavy atom. The zero-order valence-corrected chi connectivity index (χ0v) is 18.7. The molecule has 4 N–H and O–H groups in total. The Kier molecular flexibility index (Phi) is 24.7. The third-order valence-electron chi connectivity index (χ3n) is 5.98. The van der Waals surface area contributed by atoms with Crippen molar-refractivity contribution in [3.05, 3.63) is 5.21 Å². The molecule has 0 rings (SSSR count). The zero-order chi connectivity index (χ0) is 20.5. The first-order valence-electron chi connectivity index (χ1n) is 12.5. The highest BCUT2D eigenvalue weighted by Crippen LogP contribution is 2.21. The Balaban J connectivity index is 3.23. The molecular formula is C24H51NO3. The molecule has 0 saturated carbocycles. The second-order valence-corrected chi connectivity index (χ2v) is 8.65. The molecule has 170 valence electrons. The van der Waals surface area contributed by atoms with Crippen LogP contribution in [-0.4, -0.2) is 30.0 Å². The predicted molar refractivity (Wildman–Crippen MR) is 120 cm³/mol. The average Bonchev–Trinajstić information content (AvgIpc) is 2.71. The van der Waals surface area contributed by atoms with Gasteiger partial charge in [0.1, 0.15) is 0 Å². The zero-order valence-electron chi connectivity index (χ0n) is 18.7. The number of hydroxylamine groups is 1. The molecule has 0 spiro atoms. The number of aliphatic hydroxyl groups excluding tert-OH is 2. The van der Waals surface area contributed by atoms with E-state index in [4.69, 9.17) is 10.2 Å². The number of rotatable bonds is 24. The summed E-state index contributed by atoms with van der Waals surface area (Å²) in [5, 5.41) is 28.2. The van der Waals surface area contributed by atoms with Crippen LogP contribution in [0.4, 0.5) is 0 Å². The number of unbranched alkanes of at least 4 members (excludes halogenated alkanes) is 14. The predicted octanol–water partition coefficient (Wildman–Crippen LogP) is 5.45. The van der Waals surface area contributed by atoms with E-state index >= 15 is 0 Å². The molecule has 0 bridgehead atoms. The van der Waals surface area contributed by atoms with Crippen molar-refractivity contribution in [1.82, 2.24) is 0 Å². The maximum absolute atomic E-state index is 10.2. The Morgan fingerprint density at radius 1 is 0.464 bits per heavy atom. The molecule has 0 saturated heterocycles. The van der Waals surface area contributed by atoms with E-state index in [0.717, 1.165) is 44.1 Å². The van der Waals surface area contributed by atoms with Crippen molar-refractivity contribution in [3.8, 4) is 0 Å². The molecule has 0 unspecified atom stereocenters. The van der Waals surface area contributed by atoms with Crippen LogP contribution in [0.3, 0.4) is 0 Å². The quantitative estimate of drug-likeness (QED) is 0.149. The molecule has 4 heteroatoms. The lowest BCUT2D eigenvalue weighted by Crippen LogP contribution is -2.77. The summed E-state index contributed by atoms with van der Waals surface area (Å²) in [5.41, 5.74) is 1.04. The average molecular weight is 402 g/mol. The van der Waals surface area contributed by atoms with Gasteiger partial charge >= 0.3 is 0 Å². The highest BCUT2D eigenvalue weighted by molar-refractivity contribution is 4.61. The van der Waals surface area contributed by atoms with Gasteiger partial charge in [-0.05, 0) is 44.4 Å². The van der Waals surface area contributed by atoms with E-state index in [1.165, 1.54) is 96.3 Å². The van der Waals surface area contributed by atoms with E-state index in [1.807, 2.05) is 0 Å². The van der Waals surface area contributed by atoms with Crippen LogP contribution < -0.4 is 5.48 Å². The molecule has 0 atom stereocenters. The third-order valence-corrected chi connectivity index (χ3v) is 5.98. The number of hydrogen-bond acceptors (Lipinski definition) is 3. The van der Waals surface area contributed by atoms with Crippen molar-refractivity contribution in [2.24, 2.45) is 5.92 Å². The molecule has 0 radical (unpaired) electrons. The van der Waals surface area contributed by atoms with Crippen molar-refractivity contribution in [1.29, 1.82) is 0 Å². The molecule has 0 aliphatic heterocycles. The lowest BCUT2D eigenvalue weighted by atomic mass is 9.91. The molecule has 0 fully saturated rings. The topological polar surface area (TPSA) is 80.1 Å². The van der Waals surface area contributed by atoms with Gasteiger partial charge in [-0.2, -0.15) is 0 Å². The maximum atomic E-state index is 10.2. The van der Waals surface area contributed by atoms with Gasteiger partial charge in [0.2, 0.25) is 0 Å². The van der Waals surface area contributed by atoms with Crippen LogP contribution in [0.15, 0.2) is 0 Å². The molecule has 0 aliphatic rings. The Hall–Kier alpha value is -0.160. The second-order valence-electron chi connectivity index (χ2n) is 8.65. The Labute approximate surface area is 175 Å². The van der Waals surface area contributed by atoms with Crippen LogP contribution >= 0.6 is 0 Å². The lowest BCUT2D eigenvalue weighted by molar-refractivity contribution is -0.589. The van der Waals surface area contributed by atoms with Gasteiger partial charge in [-0.3, -0.25) is 0 Å². The van der Waals surface area contributed by atoms with E-state index in [-0.39, 0.29) is 0 Å². The molecule has 4 nitrogen and oxygen atoms in total. The number of aliphatic hydroxyl groups is 2. The molecule has 28 heavy (non-hydrogen) atoms. The summed E-state index contributed by atoms with van der Waals surface area (Å²) >= 11 is 0. The summed E-state index contributed by atoms with van der Waals surface area (Å²) < 4.78 is 0. The monoisotopic (exact) mass is 401 g/mol. The standard InChI is InChI=1S/C24H51NO3/c26-22-16-19-24(20-17-23-27)18-14-12-10-8-6-4-2-1-3-5-7-9-11-13-15-21-25-28/h24,26-27H,1-23,25H2. The van der Waals surface area contributed by atoms with Crippen molar-refractivity contribution in [2.75, 3.05) is 19.8 Å². The summed E-state index contributed by atoms with van der Waals surface area (Å²) in [6.07, 6.45) is 25.5. The van der Waals surface area contributed by atoms with Crippen molar-refractivity contribution in [3.63, 3.8) is 0 Å². The minimum Gasteiger partial charge on any atom is -0.636 e. The van der Waals surface area contributed by atoms with E-state index in [9.17, 15) is 5.21 Å². The fraction of sp³-hybridized carbons (Fsp3) is 1.00. The number of nitrogens with two attached hydrogens (primary N) is 1. The SMILES string of the molecule is [O-][NH2+]CCCCCCCCCCCCCCCCCC(CCCO)CCCO. The van der Waals surface area contributed by atoms with Gasteiger partial charge in [-0.15, -0.1) is 0 Å². The normalized spacial score (nSPS) is 11.6. The van der Waals surface area contributed by atoms with E-state index in [0.29, 0.717) is 19.1 Å². The molecule has 0 aromatic rings. The van der Waals surface area contributed by atoms with Gasteiger partial charge in [0.05, 0.1) is 6.54 Å². The van der Waals surface area contributed by atoms with Gasteiger partial charge in [-0.1, -0.05) is 89.9 Å². The minimum absolute atomic E-state index is 0.304. The smallest absolute Gasteiger partial charge is 0.0752 e. The first-order valence-corrected chi connectivity index (χ1v) is 12.5. The Bertz CT molecular complexity index is 269. The van der Waals surface area contributed by atoms with Crippen molar-refractivity contribution >= 4 is 0 Å². The summed E-state index contributed by atoms with van der Waals surface area (Å²) in [4.78, 5) is 0. The van der Waals surface area contributed by atoms with E-state index < -0.39 is 0 Å². The van der Waals surface area contributed by atoms with Gasteiger partial charge in [0.15, 0.2) is 0 Å². The third kappa shape index (κ3) is 22.1. The summed E-state index contributed by atoms with van der Waals surface area (Å²) in [6.45, 7) is 1.35. The van der Waals surface area contributed by atoms with Gasteiger partial charge in [-0.25, -0.2) is 0 Å². The largest absolute Gasteiger partial charge is 0.636 e. The molecule has 0 aliphatic carbocycles. The molecule has 0 amide bonds. The van der Waals surface area contributed by atoms with Crippen LogP contribution in [0.25, 0.3) is 0 Å². The van der Waals surface area contributed by atoms with Crippen LogP contribution in [0, 0.1) is 11.1 Å².